The van der Waals surface area contributed by atoms with Crippen LogP contribution in [0.5, 0.6) is 0 Å². The zero-order valence-corrected chi connectivity index (χ0v) is 16.6. The summed E-state index contributed by atoms with van der Waals surface area (Å²) in [5, 5.41) is 17.6. The van der Waals surface area contributed by atoms with E-state index in [4.69, 9.17) is 4.74 Å². The molecule has 1 aromatic carbocycles. The van der Waals surface area contributed by atoms with Crippen LogP contribution in [0.4, 0.5) is 11.4 Å². The fourth-order valence-corrected chi connectivity index (χ4v) is 2.67. The van der Waals surface area contributed by atoms with Crippen molar-refractivity contribution in [3.63, 3.8) is 0 Å². The van der Waals surface area contributed by atoms with Gasteiger partial charge in [-0.3, -0.25) is 24.4 Å². The summed E-state index contributed by atoms with van der Waals surface area (Å²) in [6.45, 7) is 8.51. The Morgan fingerprint density at radius 2 is 1.82 bits per heavy atom. The van der Waals surface area contributed by atoms with Gasteiger partial charge in [0, 0.05) is 5.69 Å². The van der Waals surface area contributed by atoms with Crippen LogP contribution in [-0.4, -0.2) is 33.2 Å². The lowest BCUT2D eigenvalue weighted by Crippen LogP contribution is -2.23. The van der Waals surface area contributed by atoms with Crippen molar-refractivity contribution in [2.45, 2.75) is 46.6 Å². The van der Waals surface area contributed by atoms with E-state index in [0.717, 1.165) is 5.56 Å². The number of amides is 1. The van der Waals surface area contributed by atoms with Gasteiger partial charge < -0.3 is 10.1 Å². The molecule has 2 aromatic rings. The standard InChI is InChI=1S/C19H24N4O5/c1-12-18(23(26)27)13(2)22(21-12)10-17(25)28-11-16(24)20-15-8-6-14(7-9-15)19(3,4)5/h6-9H,10-11H2,1-5H3,(H,20,24). The van der Waals surface area contributed by atoms with Crippen molar-refractivity contribution in [2.75, 3.05) is 11.9 Å². The van der Waals surface area contributed by atoms with E-state index in [2.05, 4.69) is 31.2 Å². The molecule has 0 aliphatic heterocycles. The van der Waals surface area contributed by atoms with E-state index in [1.807, 2.05) is 12.1 Å². The third kappa shape index (κ3) is 5.15. The molecule has 1 aromatic heterocycles. The van der Waals surface area contributed by atoms with Crippen LogP contribution in [0.2, 0.25) is 0 Å². The first-order valence-corrected chi connectivity index (χ1v) is 8.73. The van der Waals surface area contributed by atoms with Crippen LogP contribution in [0.3, 0.4) is 0 Å². The third-order valence-electron chi connectivity index (χ3n) is 4.20. The summed E-state index contributed by atoms with van der Waals surface area (Å²) in [7, 11) is 0. The van der Waals surface area contributed by atoms with Crippen molar-refractivity contribution in [3.05, 3.63) is 51.3 Å². The summed E-state index contributed by atoms with van der Waals surface area (Å²) < 4.78 is 6.13. The van der Waals surface area contributed by atoms with Gasteiger partial charge in [0.2, 0.25) is 0 Å². The van der Waals surface area contributed by atoms with E-state index in [-0.39, 0.29) is 29.0 Å². The van der Waals surface area contributed by atoms with Gasteiger partial charge in [-0.25, -0.2) is 0 Å². The van der Waals surface area contributed by atoms with E-state index in [9.17, 15) is 19.7 Å². The predicted molar refractivity (Wildman–Crippen MR) is 103 cm³/mol. The normalized spacial score (nSPS) is 11.2. The molecule has 9 nitrogen and oxygen atoms in total. The van der Waals surface area contributed by atoms with Crippen LogP contribution in [0.15, 0.2) is 24.3 Å². The van der Waals surface area contributed by atoms with Gasteiger partial charge in [-0.15, -0.1) is 0 Å². The van der Waals surface area contributed by atoms with Gasteiger partial charge in [0.25, 0.3) is 5.91 Å². The van der Waals surface area contributed by atoms with Crippen LogP contribution < -0.4 is 5.32 Å². The first-order chi connectivity index (χ1) is 13.0. The van der Waals surface area contributed by atoms with Gasteiger partial charge in [0.1, 0.15) is 17.9 Å². The molecule has 0 fully saturated rings. The van der Waals surface area contributed by atoms with Gasteiger partial charge in [-0.05, 0) is 37.0 Å². The van der Waals surface area contributed by atoms with Crippen molar-refractivity contribution in [1.29, 1.82) is 0 Å². The highest BCUT2D eigenvalue weighted by Crippen LogP contribution is 2.23. The lowest BCUT2D eigenvalue weighted by atomic mass is 9.87. The Kier molecular flexibility index (Phi) is 6.17. The van der Waals surface area contributed by atoms with Gasteiger partial charge in [-0.2, -0.15) is 5.10 Å². The van der Waals surface area contributed by atoms with Crippen LogP contribution in [0.1, 0.15) is 37.7 Å². The molecule has 1 amide bonds. The van der Waals surface area contributed by atoms with Gasteiger partial charge >= 0.3 is 11.7 Å². The fraction of sp³-hybridized carbons (Fsp3) is 0.421. The Bertz CT molecular complexity index is 894. The van der Waals surface area contributed by atoms with E-state index in [1.165, 1.54) is 18.5 Å². The molecule has 0 radical (unpaired) electrons. The number of nitrogens with one attached hydrogen (secondary N) is 1. The Labute approximate surface area is 162 Å². The molecule has 0 aliphatic carbocycles. The van der Waals surface area contributed by atoms with E-state index in [1.54, 1.807) is 12.1 Å². The Morgan fingerprint density at radius 3 is 2.32 bits per heavy atom. The molecule has 0 unspecified atom stereocenters. The second-order valence-electron chi connectivity index (χ2n) is 7.47. The SMILES string of the molecule is Cc1nn(CC(=O)OCC(=O)Nc2ccc(C(C)(C)C)cc2)c(C)c1[N+](=O)[O-]. The maximum atomic E-state index is 12.0. The fourth-order valence-electron chi connectivity index (χ4n) is 2.67. The molecule has 0 saturated heterocycles. The zero-order valence-electron chi connectivity index (χ0n) is 16.6. The summed E-state index contributed by atoms with van der Waals surface area (Å²) >= 11 is 0. The molecule has 1 heterocycles. The number of rotatable bonds is 6. The highest BCUT2D eigenvalue weighted by molar-refractivity contribution is 5.92. The highest BCUT2D eigenvalue weighted by atomic mass is 16.6. The number of esters is 1. The number of anilines is 1. The quantitative estimate of drug-likeness (QED) is 0.462. The molecule has 0 spiro atoms. The van der Waals surface area contributed by atoms with E-state index < -0.39 is 23.4 Å². The first-order valence-electron chi connectivity index (χ1n) is 8.73. The van der Waals surface area contributed by atoms with E-state index in [0.29, 0.717) is 5.69 Å². The molecule has 28 heavy (non-hydrogen) atoms. The zero-order chi connectivity index (χ0) is 21.1. The number of carbonyl (C=O) groups excluding carboxylic acids is 2. The minimum absolute atomic E-state index is 0.0100. The van der Waals surface area contributed by atoms with Crippen molar-refractivity contribution >= 4 is 23.3 Å². The number of ether oxygens (including phenoxy) is 1. The van der Waals surface area contributed by atoms with Crippen molar-refractivity contribution in [2.24, 2.45) is 0 Å². The number of benzene rings is 1. The molecule has 2 rings (SSSR count). The van der Waals surface area contributed by atoms with Gasteiger partial charge in [0.05, 0.1) is 4.92 Å². The number of aromatic nitrogens is 2. The maximum Gasteiger partial charge on any atom is 0.328 e. The minimum atomic E-state index is -0.710. The number of carbonyl (C=O) groups is 2. The lowest BCUT2D eigenvalue weighted by Gasteiger charge is -2.19. The average Bonchev–Trinajstić information content (AvgIpc) is 2.86. The highest BCUT2D eigenvalue weighted by Gasteiger charge is 2.23. The number of nitro groups is 1. The van der Waals surface area contributed by atoms with E-state index >= 15 is 0 Å². The number of nitrogens with zero attached hydrogens (tertiary/aromatic N) is 3. The number of aryl methyl sites for hydroxylation is 1. The van der Waals surface area contributed by atoms with Crippen LogP contribution in [-0.2, 0) is 26.3 Å². The third-order valence-corrected chi connectivity index (χ3v) is 4.20. The molecule has 9 heteroatoms. The maximum absolute atomic E-state index is 12.0. The molecule has 150 valence electrons. The lowest BCUT2D eigenvalue weighted by molar-refractivity contribution is -0.386. The molecule has 0 bridgehead atoms. The molecule has 0 saturated carbocycles. The Hall–Kier alpha value is -3.23. The average molecular weight is 388 g/mol. The summed E-state index contributed by atoms with van der Waals surface area (Å²) in [6, 6.07) is 7.43. The Morgan fingerprint density at radius 1 is 1.21 bits per heavy atom. The van der Waals surface area contributed by atoms with Crippen LogP contribution in [0.25, 0.3) is 0 Å². The van der Waals surface area contributed by atoms with Crippen LogP contribution >= 0.6 is 0 Å². The molecule has 0 aliphatic rings. The predicted octanol–water partition coefficient (Wildman–Crippen LogP) is 2.89. The summed E-state index contributed by atoms with van der Waals surface area (Å²) in [5.74, 6) is -1.19. The Balaban J connectivity index is 1.88. The monoisotopic (exact) mass is 388 g/mol. The first kappa shape index (κ1) is 21.1. The number of hydrogen-bond donors (Lipinski definition) is 1. The summed E-state index contributed by atoms with van der Waals surface area (Å²) in [5.41, 5.74) is 2.08. The summed E-state index contributed by atoms with van der Waals surface area (Å²) in [6.07, 6.45) is 0. The van der Waals surface area contributed by atoms with Gasteiger partial charge in [0.15, 0.2) is 6.61 Å². The molecular weight excluding hydrogens is 364 g/mol. The summed E-state index contributed by atoms with van der Waals surface area (Å²) in [4.78, 5) is 34.3. The topological polar surface area (TPSA) is 116 Å². The van der Waals surface area contributed by atoms with Crippen molar-refractivity contribution < 1.29 is 19.2 Å². The minimum Gasteiger partial charge on any atom is -0.454 e. The largest absolute Gasteiger partial charge is 0.454 e. The number of hydrogen-bond acceptors (Lipinski definition) is 6. The molecular formula is C19H24N4O5. The van der Waals surface area contributed by atoms with Crippen molar-refractivity contribution in [1.82, 2.24) is 9.78 Å². The second kappa shape index (κ2) is 8.20. The van der Waals surface area contributed by atoms with Crippen molar-refractivity contribution in [3.8, 4) is 0 Å². The smallest absolute Gasteiger partial charge is 0.328 e. The van der Waals surface area contributed by atoms with Crippen LogP contribution in [0, 0.1) is 24.0 Å². The molecule has 1 N–H and O–H groups in total. The molecule has 0 atom stereocenters. The second-order valence-corrected chi connectivity index (χ2v) is 7.47. The van der Waals surface area contributed by atoms with Gasteiger partial charge in [-0.1, -0.05) is 32.9 Å².